The molecule has 0 unspecified atom stereocenters. The summed E-state index contributed by atoms with van der Waals surface area (Å²) in [5, 5.41) is 8.03. The van der Waals surface area contributed by atoms with Gasteiger partial charge in [0.1, 0.15) is 5.75 Å². The average Bonchev–Trinajstić information content (AvgIpc) is 2.95. The normalized spacial score (nSPS) is 13.3. The summed E-state index contributed by atoms with van der Waals surface area (Å²) in [6.45, 7) is 2.59. The van der Waals surface area contributed by atoms with Crippen LogP contribution in [0.1, 0.15) is 15.9 Å². The molecule has 1 fully saturated rings. The molecule has 192 valence electrons. The van der Waals surface area contributed by atoms with Crippen LogP contribution in [-0.2, 0) is 4.74 Å². The molecule has 1 aromatic heterocycles. The largest absolute Gasteiger partial charge is 0.423 e. The summed E-state index contributed by atoms with van der Waals surface area (Å²) < 4.78 is 10.9. The van der Waals surface area contributed by atoms with Crippen LogP contribution in [0.15, 0.2) is 84.0 Å². The fourth-order valence-electron chi connectivity index (χ4n) is 3.56. The van der Waals surface area contributed by atoms with Crippen LogP contribution in [0.25, 0.3) is 0 Å². The molecule has 0 saturated carbocycles. The van der Waals surface area contributed by atoms with Crippen molar-refractivity contribution in [3.05, 3.63) is 95.0 Å². The van der Waals surface area contributed by atoms with Gasteiger partial charge in [0.25, 0.3) is 0 Å². The van der Waals surface area contributed by atoms with E-state index in [1.54, 1.807) is 54.7 Å². The standard InChI is InChI=1S/C27H24ClN7O3/c28-21-10-8-20(9-11-21)24(36)38-23-12-6-19(7-13-23)18-29-34-26-31-25(30-22-4-2-1-3-5-22)32-27(33-26)35-14-16-37-17-15-35/h1-13,18H,14-17H2,(H2,30,31,32,33,34)/b29-18-. The summed E-state index contributed by atoms with van der Waals surface area (Å²) in [7, 11) is 0. The van der Waals surface area contributed by atoms with Gasteiger partial charge in [0.2, 0.25) is 17.8 Å². The highest BCUT2D eigenvalue weighted by Crippen LogP contribution is 2.19. The number of ether oxygens (including phenoxy) is 2. The number of esters is 1. The predicted molar refractivity (Wildman–Crippen MR) is 147 cm³/mol. The van der Waals surface area contributed by atoms with Crippen LogP contribution in [0.5, 0.6) is 5.75 Å². The maximum Gasteiger partial charge on any atom is 0.343 e. The van der Waals surface area contributed by atoms with Gasteiger partial charge in [0.15, 0.2) is 0 Å². The molecule has 0 amide bonds. The first kappa shape index (κ1) is 25.1. The van der Waals surface area contributed by atoms with E-state index in [1.165, 1.54) is 0 Å². The summed E-state index contributed by atoms with van der Waals surface area (Å²) in [5.41, 5.74) is 4.95. The molecule has 0 spiro atoms. The minimum absolute atomic E-state index is 0.296. The van der Waals surface area contributed by atoms with Gasteiger partial charge in [-0.15, -0.1) is 0 Å². The predicted octanol–water partition coefficient (Wildman–Crippen LogP) is 4.77. The quantitative estimate of drug-likeness (QED) is 0.144. The Morgan fingerprint density at radius 3 is 2.37 bits per heavy atom. The van der Waals surface area contributed by atoms with E-state index in [4.69, 9.17) is 21.1 Å². The van der Waals surface area contributed by atoms with Gasteiger partial charge in [0.05, 0.1) is 25.0 Å². The summed E-state index contributed by atoms with van der Waals surface area (Å²) >= 11 is 5.87. The number of anilines is 4. The molecule has 2 heterocycles. The molecule has 11 heteroatoms. The zero-order chi connectivity index (χ0) is 26.2. The fraction of sp³-hybridized carbons (Fsp3) is 0.148. The van der Waals surface area contributed by atoms with Crippen LogP contribution in [0.2, 0.25) is 5.02 Å². The number of hydrazone groups is 1. The van der Waals surface area contributed by atoms with E-state index in [1.807, 2.05) is 35.2 Å². The van der Waals surface area contributed by atoms with Gasteiger partial charge in [-0.25, -0.2) is 10.2 Å². The summed E-state index contributed by atoms with van der Waals surface area (Å²) in [6.07, 6.45) is 1.62. The number of carbonyl (C=O) groups excluding carboxylic acids is 1. The van der Waals surface area contributed by atoms with Crippen molar-refractivity contribution < 1.29 is 14.3 Å². The number of aromatic nitrogens is 3. The van der Waals surface area contributed by atoms with Gasteiger partial charge < -0.3 is 19.7 Å². The second-order valence-electron chi connectivity index (χ2n) is 8.21. The summed E-state index contributed by atoms with van der Waals surface area (Å²) in [4.78, 5) is 27.9. The number of halogens is 1. The van der Waals surface area contributed by atoms with Crippen LogP contribution < -0.4 is 20.4 Å². The molecule has 10 nitrogen and oxygen atoms in total. The smallest absolute Gasteiger partial charge is 0.343 e. The minimum atomic E-state index is -0.462. The minimum Gasteiger partial charge on any atom is -0.423 e. The van der Waals surface area contributed by atoms with Crippen LogP contribution >= 0.6 is 11.6 Å². The Morgan fingerprint density at radius 2 is 1.63 bits per heavy atom. The Morgan fingerprint density at radius 1 is 0.921 bits per heavy atom. The van der Waals surface area contributed by atoms with Crippen molar-refractivity contribution in [2.45, 2.75) is 0 Å². The molecule has 0 bridgehead atoms. The number of rotatable bonds is 8. The number of nitrogens with one attached hydrogen (secondary N) is 2. The number of hydrogen-bond donors (Lipinski definition) is 2. The highest BCUT2D eigenvalue weighted by Gasteiger charge is 2.17. The molecule has 38 heavy (non-hydrogen) atoms. The first-order chi connectivity index (χ1) is 18.6. The molecule has 4 aromatic rings. The molecule has 0 aliphatic carbocycles. The fourth-order valence-corrected chi connectivity index (χ4v) is 3.69. The highest BCUT2D eigenvalue weighted by molar-refractivity contribution is 6.30. The third-order valence-corrected chi connectivity index (χ3v) is 5.75. The topological polar surface area (TPSA) is 114 Å². The van der Waals surface area contributed by atoms with Crippen molar-refractivity contribution in [3.63, 3.8) is 0 Å². The maximum atomic E-state index is 12.3. The zero-order valence-corrected chi connectivity index (χ0v) is 21.0. The van der Waals surface area contributed by atoms with E-state index in [0.717, 1.165) is 11.3 Å². The van der Waals surface area contributed by atoms with Gasteiger partial charge in [-0.1, -0.05) is 29.8 Å². The Bertz CT molecular complexity index is 1390. The Hall–Kier alpha value is -4.54. The van der Waals surface area contributed by atoms with E-state index in [-0.39, 0.29) is 0 Å². The van der Waals surface area contributed by atoms with Gasteiger partial charge >= 0.3 is 5.97 Å². The lowest BCUT2D eigenvalue weighted by atomic mass is 10.2. The first-order valence-electron chi connectivity index (χ1n) is 11.9. The number of carbonyl (C=O) groups is 1. The molecule has 3 aromatic carbocycles. The SMILES string of the molecule is O=C(Oc1ccc(/C=N\Nc2nc(Nc3ccccc3)nc(N3CCOCC3)n2)cc1)c1ccc(Cl)cc1. The van der Waals surface area contributed by atoms with Crippen LogP contribution in [0, 0.1) is 0 Å². The average molecular weight is 530 g/mol. The second kappa shape index (κ2) is 12.1. The molecule has 2 N–H and O–H groups in total. The molecule has 5 rings (SSSR count). The lowest BCUT2D eigenvalue weighted by Gasteiger charge is -2.27. The van der Waals surface area contributed by atoms with Crippen LogP contribution in [0.3, 0.4) is 0 Å². The van der Waals surface area contributed by atoms with E-state index in [0.29, 0.717) is 60.5 Å². The highest BCUT2D eigenvalue weighted by atomic mass is 35.5. The Balaban J connectivity index is 1.25. The Kier molecular flexibility index (Phi) is 8.02. The van der Waals surface area contributed by atoms with Crippen molar-refractivity contribution in [2.75, 3.05) is 41.9 Å². The zero-order valence-electron chi connectivity index (χ0n) is 20.3. The van der Waals surface area contributed by atoms with Crippen molar-refractivity contribution >= 4 is 47.3 Å². The van der Waals surface area contributed by atoms with Crippen molar-refractivity contribution in [2.24, 2.45) is 5.10 Å². The summed E-state index contributed by atoms with van der Waals surface area (Å²) in [6, 6.07) is 23.1. The van der Waals surface area contributed by atoms with Gasteiger partial charge in [-0.2, -0.15) is 20.1 Å². The van der Waals surface area contributed by atoms with Crippen molar-refractivity contribution in [3.8, 4) is 5.75 Å². The van der Waals surface area contributed by atoms with Gasteiger partial charge in [-0.3, -0.25) is 0 Å². The lowest BCUT2D eigenvalue weighted by Crippen LogP contribution is -2.37. The number of para-hydroxylation sites is 1. The lowest BCUT2D eigenvalue weighted by molar-refractivity contribution is 0.0734. The molecule has 1 saturated heterocycles. The van der Waals surface area contributed by atoms with Crippen LogP contribution in [-0.4, -0.2) is 53.4 Å². The molecular weight excluding hydrogens is 506 g/mol. The first-order valence-corrected chi connectivity index (χ1v) is 12.3. The van der Waals surface area contributed by atoms with Gasteiger partial charge in [-0.05, 0) is 66.2 Å². The second-order valence-corrected chi connectivity index (χ2v) is 8.64. The molecular formula is C27H24ClN7O3. The third-order valence-electron chi connectivity index (χ3n) is 5.50. The Labute approximate surface area is 224 Å². The number of morpholine rings is 1. The molecule has 1 aliphatic rings. The monoisotopic (exact) mass is 529 g/mol. The number of nitrogens with zero attached hydrogens (tertiary/aromatic N) is 5. The van der Waals surface area contributed by atoms with E-state index < -0.39 is 5.97 Å². The number of hydrogen-bond acceptors (Lipinski definition) is 10. The number of benzene rings is 3. The third kappa shape index (κ3) is 6.81. The van der Waals surface area contributed by atoms with Gasteiger partial charge in [0, 0.05) is 23.8 Å². The summed E-state index contributed by atoms with van der Waals surface area (Å²) in [5.74, 6) is 1.18. The molecule has 1 aliphatic heterocycles. The van der Waals surface area contributed by atoms with E-state index in [2.05, 4.69) is 30.8 Å². The van der Waals surface area contributed by atoms with Crippen molar-refractivity contribution in [1.29, 1.82) is 0 Å². The molecule has 0 atom stereocenters. The maximum absolute atomic E-state index is 12.3. The van der Waals surface area contributed by atoms with E-state index in [9.17, 15) is 4.79 Å². The van der Waals surface area contributed by atoms with Crippen LogP contribution in [0.4, 0.5) is 23.5 Å². The van der Waals surface area contributed by atoms with Crippen molar-refractivity contribution in [1.82, 2.24) is 15.0 Å². The van der Waals surface area contributed by atoms with E-state index >= 15 is 0 Å². The molecule has 0 radical (unpaired) electrons.